The number of halogens is 1. The average Bonchev–Trinajstić information content (AvgIpc) is 2.72. The van der Waals surface area contributed by atoms with Crippen LogP contribution < -0.4 is 19.6 Å². The number of carbonyl (C=O) groups is 1. The van der Waals surface area contributed by atoms with Crippen LogP contribution in [0.15, 0.2) is 23.3 Å². The second-order valence-corrected chi connectivity index (χ2v) is 7.36. The molecular formula is C21H23IN4O5. The molecule has 0 saturated carbocycles. The van der Waals surface area contributed by atoms with E-state index in [9.17, 15) is 10.1 Å². The van der Waals surface area contributed by atoms with E-state index in [2.05, 4.69) is 38.1 Å². The molecule has 9 nitrogen and oxygen atoms in total. The van der Waals surface area contributed by atoms with Crippen molar-refractivity contribution in [2.75, 3.05) is 27.4 Å². The summed E-state index contributed by atoms with van der Waals surface area (Å²) >= 11 is 2.14. The van der Waals surface area contributed by atoms with Gasteiger partial charge in [-0.25, -0.2) is 10.4 Å². The molecule has 1 amide bonds. The fraction of sp³-hybridized carbons (Fsp3) is 0.333. The van der Waals surface area contributed by atoms with Crippen molar-refractivity contribution in [2.45, 2.75) is 20.5 Å². The van der Waals surface area contributed by atoms with Gasteiger partial charge < -0.3 is 18.9 Å². The molecular weight excluding hydrogens is 515 g/mol. The van der Waals surface area contributed by atoms with Crippen LogP contribution in [0.3, 0.4) is 0 Å². The summed E-state index contributed by atoms with van der Waals surface area (Å²) in [7, 11) is 3.11. The Kier molecular flexibility index (Phi) is 9.48. The van der Waals surface area contributed by atoms with Crippen LogP contribution in [0.25, 0.3) is 0 Å². The quantitative estimate of drug-likeness (QED) is 0.281. The number of benzene rings is 1. The largest absolute Gasteiger partial charge is 0.492 e. The number of nitriles is 1. The predicted molar refractivity (Wildman–Crippen MR) is 123 cm³/mol. The molecule has 0 aliphatic heterocycles. The minimum absolute atomic E-state index is 0.0831. The summed E-state index contributed by atoms with van der Waals surface area (Å²) in [6.45, 7) is 4.03. The lowest BCUT2D eigenvalue weighted by Crippen LogP contribution is -2.25. The highest BCUT2D eigenvalue weighted by atomic mass is 127. The summed E-state index contributed by atoms with van der Waals surface area (Å²) < 4.78 is 22.3. The maximum atomic E-state index is 12.1. The number of nitrogens with one attached hydrogen (secondary N) is 1. The molecule has 1 aromatic heterocycles. The van der Waals surface area contributed by atoms with E-state index < -0.39 is 5.91 Å². The molecule has 0 spiro atoms. The number of rotatable bonds is 10. The average molecular weight is 538 g/mol. The Bertz CT molecular complexity index is 1000. The van der Waals surface area contributed by atoms with Crippen LogP contribution in [0.5, 0.6) is 17.4 Å². The van der Waals surface area contributed by atoms with Gasteiger partial charge in [0.15, 0.2) is 18.1 Å². The van der Waals surface area contributed by atoms with E-state index in [0.717, 1.165) is 9.13 Å². The second kappa shape index (κ2) is 12.1. The van der Waals surface area contributed by atoms with Gasteiger partial charge in [0.2, 0.25) is 5.88 Å². The van der Waals surface area contributed by atoms with Crippen molar-refractivity contribution in [3.8, 4) is 23.4 Å². The summed E-state index contributed by atoms with van der Waals surface area (Å²) in [5.41, 5.74) is 4.65. The van der Waals surface area contributed by atoms with Crippen LogP contribution in [-0.4, -0.2) is 44.5 Å². The van der Waals surface area contributed by atoms with E-state index >= 15 is 0 Å². The Hall–Kier alpha value is -2.91. The molecule has 2 rings (SSSR count). The zero-order valence-electron chi connectivity index (χ0n) is 17.7. The molecule has 0 unspecified atom stereocenters. The fourth-order valence-electron chi connectivity index (χ4n) is 2.67. The van der Waals surface area contributed by atoms with Gasteiger partial charge >= 0.3 is 0 Å². The topological polar surface area (TPSA) is 115 Å². The number of nitrogens with zero attached hydrogens (tertiary/aromatic N) is 3. The van der Waals surface area contributed by atoms with Gasteiger partial charge in [0.1, 0.15) is 11.6 Å². The van der Waals surface area contributed by atoms with Crippen LogP contribution in [0.1, 0.15) is 29.3 Å². The van der Waals surface area contributed by atoms with Crippen molar-refractivity contribution in [2.24, 2.45) is 5.10 Å². The molecule has 1 N–H and O–H groups in total. The molecule has 164 valence electrons. The zero-order valence-corrected chi connectivity index (χ0v) is 19.8. The highest BCUT2D eigenvalue weighted by Gasteiger charge is 2.14. The van der Waals surface area contributed by atoms with E-state index in [-0.39, 0.29) is 24.7 Å². The summed E-state index contributed by atoms with van der Waals surface area (Å²) in [4.78, 5) is 16.3. The smallest absolute Gasteiger partial charge is 0.278 e. The third-order valence-corrected chi connectivity index (χ3v) is 4.69. The van der Waals surface area contributed by atoms with E-state index in [4.69, 9.17) is 18.9 Å². The summed E-state index contributed by atoms with van der Waals surface area (Å²) in [5.74, 6) is 0.822. The first kappa shape index (κ1) is 24.4. The monoisotopic (exact) mass is 538 g/mol. The maximum Gasteiger partial charge on any atom is 0.278 e. The zero-order chi connectivity index (χ0) is 22.8. The molecule has 0 bridgehead atoms. The minimum Gasteiger partial charge on any atom is -0.492 e. The lowest BCUT2D eigenvalue weighted by atomic mass is 10.1. The first-order valence-electron chi connectivity index (χ1n) is 9.28. The van der Waals surface area contributed by atoms with Gasteiger partial charge in [0, 0.05) is 18.4 Å². The normalized spacial score (nSPS) is 10.6. The van der Waals surface area contributed by atoms with Gasteiger partial charge in [-0.2, -0.15) is 10.4 Å². The number of aryl methyl sites for hydroxylation is 1. The number of amides is 1. The van der Waals surface area contributed by atoms with Crippen LogP contribution in [0.4, 0.5) is 0 Å². The van der Waals surface area contributed by atoms with Crippen molar-refractivity contribution < 1.29 is 23.7 Å². The van der Waals surface area contributed by atoms with Crippen LogP contribution in [0, 0.1) is 21.8 Å². The first-order chi connectivity index (χ1) is 14.9. The number of ether oxygens (including phenoxy) is 4. The molecule has 0 saturated heterocycles. The Morgan fingerprint density at radius 3 is 2.74 bits per heavy atom. The molecule has 0 aliphatic rings. The molecule has 1 heterocycles. The Labute approximate surface area is 194 Å². The van der Waals surface area contributed by atoms with Crippen molar-refractivity contribution in [1.82, 2.24) is 10.4 Å². The van der Waals surface area contributed by atoms with E-state index in [1.54, 1.807) is 26.2 Å². The van der Waals surface area contributed by atoms with Gasteiger partial charge in [0.05, 0.1) is 30.1 Å². The van der Waals surface area contributed by atoms with E-state index in [1.807, 2.05) is 19.1 Å². The summed E-state index contributed by atoms with van der Waals surface area (Å²) in [6.07, 6.45) is 1.49. The van der Waals surface area contributed by atoms with Crippen LogP contribution in [0.2, 0.25) is 0 Å². The molecule has 1 aromatic carbocycles. The predicted octanol–water partition coefficient (Wildman–Crippen LogP) is 2.95. The Morgan fingerprint density at radius 1 is 1.32 bits per heavy atom. The third kappa shape index (κ3) is 6.80. The number of hydrazone groups is 1. The molecule has 10 heteroatoms. The lowest BCUT2D eigenvalue weighted by Gasteiger charge is -2.12. The van der Waals surface area contributed by atoms with E-state index in [1.165, 1.54) is 13.3 Å². The van der Waals surface area contributed by atoms with Gasteiger partial charge in [-0.3, -0.25) is 4.79 Å². The maximum absolute atomic E-state index is 12.1. The number of hydrogen-bond donors (Lipinski definition) is 1. The minimum atomic E-state index is -0.495. The van der Waals surface area contributed by atoms with Crippen molar-refractivity contribution in [1.29, 1.82) is 5.26 Å². The van der Waals surface area contributed by atoms with Crippen molar-refractivity contribution in [3.05, 3.63) is 44.2 Å². The lowest BCUT2D eigenvalue weighted by molar-refractivity contribution is -0.123. The molecule has 2 aromatic rings. The van der Waals surface area contributed by atoms with Gasteiger partial charge in [0.25, 0.3) is 5.91 Å². The highest BCUT2D eigenvalue weighted by molar-refractivity contribution is 14.1. The highest BCUT2D eigenvalue weighted by Crippen LogP contribution is 2.33. The number of methoxy groups -OCH3 is 2. The summed E-state index contributed by atoms with van der Waals surface area (Å²) in [5, 5.41) is 13.3. The number of carbonyl (C=O) groups excluding carboxylic acids is 1. The SMILES string of the molecule is CCOc1cc(/C=N\NC(=O)COc2nc(C)cc(COC)c2C#N)cc(I)c1OC. The van der Waals surface area contributed by atoms with Gasteiger partial charge in [-0.05, 0) is 60.2 Å². The standard InChI is InChI=1S/C21H23IN4O5/c1-5-30-18-8-14(7-17(22)20(18)29-4)10-24-26-19(27)12-31-21-16(9-23)15(11-28-3)6-13(2)25-21/h6-8,10H,5,11-12H2,1-4H3,(H,26,27)/b24-10-. The fourth-order valence-corrected chi connectivity index (χ4v) is 3.52. The Morgan fingerprint density at radius 2 is 2.10 bits per heavy atom. The number of pyridine rings is 1. The van der Waals surface area contributed by atoms with Gasteiger partial charge in [-0.1, -0.05) is 0 Å². The van der Waals surface area contributed by atoms with Crippen LogP contribution >= 0.6 is 22.6 Å². The van der Waals surface area contributed by atoms with E-state index in [0.29, 0.717) is 29.4 Å². The number of hydrogen-bond acceptors (Lipinski definition) is 8. The molecule has 0 fully saturated rings. The number of aromatic nitrogens is 1. The molecule has 0 radical (unpaired) electrons. The van der Waals surface area contributed by atoms with Gasteiger partial charge in [-0.15, -0.1) is 0 Å². The first-order valence-corrected chi connectivity index (χ1v) is 10.4. The summed E-state index contributed by atoms with van der Waals surface area (Å²) in [6, 6.07) is 7.40. The molecule has 0 atom stereocenters. The van der Waals surface area contributed by atoms with Crippen molar-refractivity contribution >= 4 is 34.7 Å². The second-order valence-electron chi connectivity index (χ2n) is 6.20. The van der Waals surface area contributed by atoms with Crippen LogP contribution in [-0.2, 0) is 16.1 Å². The third-order valence-electron chi connectivity index (χ3n) is 3.89. The Balaban J connectivity index is 2.04. The molecule has 31 heavy (non-hydrogen) atoms. The molecule has 0 aliphatic carbocycles. The van der Waals surface area contributed by atoms with Crippen molar-refractivity contribution in [3.63, 3.8) is 0 Å².